The standard InChI is InChI=1S/C20H25FN4O/c1-4-5-6-13-25(3)20(22-2)24-15-16-9-8-12-23-19(16)26-18-11-7-10-17(21)14-18/h4,7-12,14H,1,5-6,13,15H2,2-3H3,(H,22,24). The van der Waals surface area contributed by atoms with Crippen LogP contribution in [0.3, 0.4) is 0 Å². The molecule has 0 fully saturated rings. The molecule has 0 unspecified atom stereocenters. The van der Waals surface area contributed by atoms with Crippen LogP contribution in [0.2, 0.25) is 0 Å². The first-order valence-electron chi connectivity index (χ1n) is 8.54. The Morgan fingerprint density at radius 3 is 2.96 bits per heavy atom. The number of benzene rings is 1. The highest BCUT2D eigenvalue weighted by molar-refractivity contribution is 5.79. The summed E-state index contributed by atoms with van der Waals surface area (Å²) in [5.41, 5.74) is 0.859. The predicted octanol–water partition coefficient (Wildman–Crippen LogP) is 3.99. The number of aromatic nitrogens is 1. The zero-order chi connectivity index (χ0) is 18.8. The van der Waals surface area contributed by atoms with Crippen molar-refractivity contribution < 1.29 is 9.13 Å². The number of aliphatic imine (C=N–C) groups is 1. The fourth-order valence-electron chi connectivity index (χ4n) is 2.43. The Hall–Kier alpha value is -2.89. The van der Waals surface area contributed by atoms with Gasteiger partial charge in [0.15, 0.2) is 5.96 Å². The minimum atomic E-state index is -0.348. The Bertz CT molecular complexity index is 748. The zero-order valence-electron chi connectivity index (χ0n) is 15.3. The van der Waals surface area contributed by atoms with Gasteiger partial charge in [0.1, 0.15) is 11.6 Å². The van der Waals surface area contributed by atoms with E-state index < -0.39 is 0 Å². The highest BCUT2D eigenvalue weighted by Gasteiger charge is 2.10. The van der Waals surface area contributed by atoms with Crippen LogP contribution < -0.4 is 10.1 Å². The smallest absolute Gasteiger partial charge is 0.224 e. The van der Waals surface area contributed by atoms with Gasteiger partial charge in [0, 0.05) is 45.0 Å². The normalized spacial score (nSPS) is 11.1. The minimum Gasteiger partial charge on any atom is -0.439 e. The number of pyridine rings is 1. The van der Waals surface area contributed by atoms with Crippen molar-refractivity contribution in [3.05, 3.63) is 66.6 Å². The maximum atomic E-state index is 13.3. The summed E-state index contributed by atoms with van der Waals surface area (Å²) in [7, 11) is 3.74. The molecule has 26 heavy (non-hydrogen) atoms. The Kier molecular flexibility index (Phi) is 7.61. The van der Waals surface area contributed by atoms with Gasteiger partial charge in [-0.1, -0.05) is 18.2 Å². The van der Waals surface area contributed by atoms with Crippen LogP contribution in [0.4, 0.5) is 4.39 Å². The number of hydrogen-bond donors (Lipinski definition) is 1. The Labute approximate surface area is 154 Å². The minimum absolute atomic E-state index is 0.348. The van der Waals surface area contributed by atoms with Gasteiger partial charge < -0.3 is 15.0 Å². The molecule has 1 aromatic heterocycles. The Balaban J connectivity index is 2.01. The van der Waals surface area contributed by atoms with Gasteiger partial charge in [-0.15, -0.1) is 6.58 Å². The van der Waals surface area contributed by atoms with Crippen LogP contribution in [-0.4, -0.2) is 36.5 Å². The second kappa shape index (κ2) is 10.2. The summed E-state index contributed by atoms with van der Waals surface area (Å²) in [6.45, 7) is 5.12. The average molecular weight is 356 g/mol. The van der Waals surface area contributed by atoms with E-state index in [2.05, 4.69) is 26.8 Å². The summed E-state index contributed by atoms with van der Waals surface area (Å²) in [5, 5.41) is 3.31. The van der Waals surface area contributed by atoms with Gasteiger partial charge >= 0.3 is 0 Å². The molecule has 0 bridgehead atoms. The molecule has 0 spiro atoms. The Morgan fingerprint density at radius 1 is 1.38 bits per heavy atom. The summed E-state index contributed by atoms with van der Waals surface area (Å²) < 4.78 is 19.1. The fourth-order valence-corrected chi connectivity index (χ4v) is 2.43. The van der Waals surface area contributed by atoms with Crippen molar-refractivity contribution in [1.29, 1.82) is 0 Å². The number of hydrogen-bond acceptors (Lipinski definition) is 3. The second-order valence-electron chi connectivity index (χ2n) is 5.78. The summed E-state index contributed by atoms with van der Waals surface area (Å²) in [4.78, 5) is 10.6. The summed E-state index contributed by atoms with van der Waals surface area (Å²) in [6.07, 6.45) is 5.54. The molecule has 0 amide bonds. The molecule has 0 aliphatic carbocycles. The average Bonchev–Trinajstić information content (AvgIpc) is 2.64. The molecule has 0 aliphatic rings. The molecular formula is C20H25FN4O. The summed E-state index contributed by atoms with van der Waals surface area (Å²) in [5.74, 6) is 1.29. The lowest BCUT2D eigenvalue weighted by atomic mass is 10.2. The largest absolute Gasteiger partial charge is 0.439 e. The van der Waals surface area contributed by atoms with E-state index in [-0.39, 0.29) is 5.82 Å². The van der Waals surface area contributed by atoms with Gasteiger partial charge in [-0.3, -0.25) is 4.99 Å². The van der Waals surface area contributed by atoms with E-state index in [1.165, 1.54) is 12.1 Å². The van der Waals surface area contributed by atoms with E-state index in [1.54, 1.807) is 25.4 Å². The van der Waals surface area contributed by atoms with Crippen LogP contribution in [0.15, 0.2) is 60.2 Å². The first kappa shape index (κ1) is 19.4. The van der Waals surface area contributed by atoms with Crippen LogP contribution in [0, 0.1) is 5.82 Å². The third-order valence-corrected chi connectivity index (χ3v) is 3.77. The molecule has 1 heterocycles. The van der Waals surface area contributed by atoms with E-state index in [0.29, 0.717) is 18.2 Å². The van der Waals surface area contributed by atoms with Crippen molar-refractivity contribution >= 4 is 5.96 Å². The fraction of sp³-hybridized carbons (Fsp3) is 0.300. The van der Waals surface area contributed by atoms with Crippen molar-refractivity contribution in [3.63, 3.8) is 0 Å². The lowest BCUT2D eigenvalue weighted by Gasteiger charge is -2.22. The number of rotatable bonds is 8. The summed E-state index contributed by atoms with van der Waals surface area (Å²) in [6, 6.07) is 9.76. The number of unbranched alkanes of at least 4 members (excludes halogenated alkanes) is 1. The molecule has 5 nitrogen and oxygen atoms in total. The lowest BCUT2D eigenvalue weighted by Crippen LogP contribution is -2.39. The first-order chi connectivity index (χ1) is 12.6. The van der Waals surface area contributed by atoms with Gasteiger partial charge in [-0.25, -0.2) is 9.37 Å². The van der Waals surface area contributed by atoms with E-state index in [1.807, 2.05) is 25.3 Å². The highest BCUT2D eigenvalue weighted by Crippen LogP contribution is 2.23. The molecule has 2 rings (SSSR count). The monoisotopic (exact) mass is 356 g/mol. The first-order valence-corrected chi connectivity index (χ1v) is 8.54. The number of allylic oxidation sites excluding steroid dienone is 1. The van der Waals surface area contributed by atoms with Crippen molar-refractivity contribution in [2.45, 2.75) is 19.4 Å². The second-order valence-corrected chi connectivity index (χ2v) is 5.78. The molecular weight excluding hydrogens is 331 g/mol. The van der Waals surface area contributed by atoms with E-state index in [0.717, 1.165) is 30.9 Å². The maximum Gasteiger partial charge on any atom is 0.224 e. The van der Waals surface area contributed by atoms with E-state index in [4.69, 9.17) is 4.74 Å². The number of guanidine groups is 1. The molecule has 0 saturated carbocycles. The van der Waals surface area contributed by atoms with Crippen molar-refractivity contribution in [3.8, 4) is 11.6 Å². The molecule has 138 valence electrons. The highest BCUT2D eigenvalue weighted by atomic mass is 19.1. The molecule has 0 atom stereocenters. The van der Waals surface area contributed by atoms with Crippen LogP contribution in [0.25, 0.3) is 0 Å². The van der Waals surface area contributed by atoms with Gasteiger partial charge in [0.25, 0.3) is 0 Å². The maximum absolute atomic E-state index is 13.3. The molecule has 0 saturated heterocycles. The van der Waals surface area contributed by atoms with Gasteiger partial charge in [-0.05, 0) is 31.0 Å². The predicted molar refractivity (Wildman–Crippen MR) is 103 cm³/mol. The van der Waals surface area contributed by atoms with Gasteiger partial charge in [0.2, 0.25) is 5.88 Å². The number of halogens is 1. The molecule has 0 radical (unpaired) electrons. The number of ether oxygens (including phenoxy) is 1. The van der Waals surface area contributed by atoms with Crippen molar-refractivity contribution in [2.24, 2.45) is 4.99 Å². The summed E-state index contributed by atoms with van der Waals surface area (Å²) >= 11 is 0. The third kappa shape index (κ3) is 5.88. The van der Waals surface area contributed by atoms with E-state index >= 15 is 0 Å². The van der Waals surface area contributed by atoms with Crippen LogP contribution in [0.1, 0.15) is 18.4 Å². The number of nitrogens with one attached hydrogen (secondary N) is 1. The van der Waals surface area contributed by atoms with Gasteiger partial charge in [-0.2, -0.15) is 0 Å². The van der Waals surface area contributed by atoms with E-state index in [9.17, 15) is 4.39 Å². The molecule has 6 heteroatoms. The quantitative estimate of drug-likeness (QED) is 0.336. The topological polar surface area (TPSA) is 49.8 Å². The molecule has 1 aromatic carbocycles. The zero-order valence-corrected chi connectivity index (χ0v) is 15.3. The SMILES string of the molecule is C=CCCCN(C)C(=NC)NCc1cccnc1Oc1cccc(F)c1. The van der Waals surface area contributed by atoms with Crippen LogP contribution >= 0.6 is 0 Å². The third-order valence-electron chi connectivity index (χ3n) is 3.77. The number of nitrogens with zero attached hydrogens (tertiary/aromatic N) is 3. The van der Waals surface area contributed by atoms with Crippen molar-refractivity contribution in [2.75, 3.05) is 20.6 Å². The Morgan fingerprint density at radius 2 is 2.23 bits per heavy atom. The van der Waals surface area contributed by atoms with Gasteiger partial charge in [0.05, 0.1) is 0 Å². The van der Waals surface area contributed by atoms with Crippen LogP contribution in [0.5, 0.6) is 11.6 Å². The molecule has 0 aliphatic heterocycles. The van der Waals surface area contributed by atoms with Crippen LogP contribution in [-0.2, 0) is 6.54 Å². The lowest BCUT2D eigenvalue weighted by molar-refractivity contribution is 0.446. The molecule has 2 aromatic rings. The van der Waals surface area contributed by atoms with Crippen molar-refractivity contribution in [1.82, 2.24) is 15.2 Å². The molecule has 1 N–H and O–H groups in total.